The molecule has 1 rings (SSSR count). The van der Waals surface area contributed by atoms with Gasteiger partial charge in [-0.05, 0) is 41.6 Å². The second kappa shape index (κ2) is 1.86. The normalized spacial score (nSPS) is 9.43. The largest absolute Gasteiger partial charge is 0.456 e. The van der Waals surface area contributed by atoms with Crippen LogP contribution in [0.1, 0.15) is 5.76 Å². The fourth-order valence-corrected chi connectivity index (χ4v) is 0.932. The van der Waals surface area contributed by atoms with E-state index < -0.39 is 0 Å². The van der Waals surface area contributed by atoms with E-state index in [2.05, 4.69) is 22.6 Å². The molecule has 0 amide bonds. The molecule has 0 aliphatic heterocycles. The van der Waals surface area contributed by atoms with Crippen LogP contribution in [0, 0.1) is 10.7 Å². The molecule has 7 heavy (non-hydrogen) atoms. The lowest BCUT2D eigenvalue weighted by Gasteiger charge is -1.74. The molecule has 38 valence electrons. The average Bonchev–Trinajstić information content (AvgIpc) is 1.87. The van der Waals surface area contributed by atoms with Gasteiger partial charge in [0.1, 0.15) is 5.76 Å². The fourth-order valence-electron chi connectivity index (χ4n) is 0.405. The van der Waals surface area contributed by atoms with Crippen LogP contribution >= 0.6 is 22.6 Å². The third kappa shape index (κ3) is 1.19. The Morgan fingerprint density at radius 3 is 2.43 bits per heavy atom. The molecule has 0 unspecified atom stereocenters. The Balaban J connectivity index is 3.04. The van der Waals surface area contributed by atoms with E-state index in [0.717, 1.165) is 9.53 Å². The Morgan fingerprint density at radius 2 is 2.29 bits per heavy atom. The monoisotopic (exact) mass is 208 g/mol. The molecule has 0 aliphatic rings. The quantitative estimate of drug-likeness (QED) is 0.595. The van der Waals surface area contributed by atoms with Gasteiger partial charge >= 0.3 is 0 Å². The maximum Gasteiger partial charge on any atom is 0.163 e. The van der Waals surface area contributed by atoms with E-state index in [4.69, 9.17) is 4.42 Å². The van der Waals surface area contributed by atoms with Crippen molar-refractivity contribution < 1.29 is 4.42 Å². The van der Waals surface area contributed by atoms with Crippen molar-refractivity contribution in [2.45, 2.75) is 6.92 Å². The summed E-state index contributed by atoms with van der Waals surface area (Å²) in [6, 6.07) is 3.89. The highest BCUT2D eigenvalue weighted by molar-refractivity contribution is 14.1. The Kier molecular flexibility index (Phi) is 1.37. The number of halogens is 1. The molecule has 0 fully saturated rings. The lowest BCUT2D eigenvalue weighted by Crippen LogP contribution is -1.52. The lowest BCUT2D eigenvalue weighted by atomic mass is 10.5. The molecule has 0 bridgehead atoms. The van der Waals surface area contributed by atoms with Gasteiger partial charge in [0.25, 0.3) is 0 Å². The molecule has 0 aromatic carbocycles. The SMILES string of the molecule is Cc1ccc(I)o1. The zero-order valence-corrected chi connectivity index (χ0v) is 6.10. The van der Waals surface area contributed by atoms with Crippen molar-refractivity contribution >= 4 is 22.6 Å². The van der Waals surface area contributed by atoms with Gasteiger partial charge in [0.15, 0.2) is 3.77 Å². The third-order valence-electron chi connectivity index (χ3n) is 0.708. The van der Waals surface area contributed by atoms with E-state index in [1.807, 2.05) is 19.1 Å². The third-order valence-corrected chi connectivity index (χ3v) is 1.29. The van der Waals surface area contributed by atoms with Crippen LogP contribution in [0.15, 0.2) is 16.5 Å². The molecule has 0 saturated heterocycles. The summed E-state index contributed by atoms with van der Waals surface area (Å²) in [5, 5.41) is 0. The predicted molar refractivity (Wildman–Crippen MR) is 36.2 cm³/mol. The first-order chi connectivity index (χ1) is 3.29. The van der Waals surface area contributed by atoms with Gasteiger partial charge in [-0.1, -0.05) is 0 Å². The zero-order valence-electron chi connectivity index (χ0n) is 3.94. The van der Waals surface area contributed by atoms with Crippen molar-refractivity contribution in [3.63, 3.8) is 0 Å². The standard InChI is InChI=1S/C5H5IO/c1-4-2-3-5(6)7-4/h2-3H,1H3. The average molecular weight is 208 g/mol. The smallest absolute Gasteiger partial charge is 0.163 e. The van der Waals surface area contributed by atoms with Crippen molar-refractivity contribution in [2.75, 3.05) is 0 Å². The maximum atomic E-state index is 5.07. The summed E-state index contributed by atoms with van der Waals surface area (Å²) < 4.78 is 6.02. The van der Waals surface area contributed by atoms with Crippen LogP contribution in [0.3, 0.4) is 0 Å². The van der Waals surface area contributed by atoms with E-state index in [1.54, 1.807) is 0 Å². The number of aryl methyl sites for hydroxylation is 1. The van der Waals surface area contributed by atoms with Gasteiger partial charge in [0.2, 0.25) is 0 Å². The van der Waals surface area contributed by atoms with Crippen LogP contribution in [0.2, 0.25) is 0 Å². The molecular formula is C5H5IO. The van der Waals surface area contributed by atoms with Gasteiger partial charge in [-0.15, -0.1) is 0 Å². The minimum absolute atomic E-state index is 0.954. The van der Waals surface area contributed by atoms with E-state index in [0.29, 0.717) is 0 Å². The molecule has 0 spiro atoms. The predicted octanol–water partition coefficient (Wildman–Crippen LogP) is 2.19. The minimum Gasteiger partial charge on any atom is -0.456 e. The number of hydrogen-bond donors (Lipinski definition) is 0. The summed E-state index contributed by atoms with van der Waals surface area (Å²) in [7, 11) is 0. The summed E-state index contributed by atoms with van der Waals surface area (Å²) in [6.07, 6.45) is 0. The second-order valence-electron chi connectivity index (χ2n) is 1.35. The molecule has 0 atom stereocenters. The van der Waals surface area contributed by atoms with Crippen LogP contribution in [0.25, 0.3) is 0 Å². The first-order valence-corrected chi connectivity index (χ1v) is 3.09. The van der Waals surface area contributed by atoms with Crippen molar-refractivity contribution in [3.8, 4) is 0 Å². The molecule has 1 aromatic rings. The van der Waals surface area contributed by atoms with Crippen LogP contribution in [-0.4, -0.2) is 0 Å². The number of hydrogen-bond acceptors (Lipinski definition) is 1. The van der Waals surface area contributed by atoms with Crippen molar-refractivity contribution in [1.29, 1.82) is 0 Å². The molecule has 0 saturated carbocycles. The first-order valence-electron chi connectivity index (χ1n) is 2.01. The zero-order chi connectivity index (χ0) is 5.28. The van der Waals surface area contributed by atoms with E-state index in [-0.39, 0.29) is 0 Å². The van der Waals surface area contributed by atoms with Gasteiger partial charge in [0.05, 0.1) is 0 Å². The fraction of sp³-hybridized carbons (Fsp3) is 0.200. The van der Waals surface area contributed by atoms with Crippen LogP contribution < -0.4 is 0 Å². The Morgan fingerprint density at radius 1 is 1.57 bits per heavy atom. The van der Waals surface area contributed by atoms with Crippen LogP contribution in [0.4, 0.5) is 0 Å². The van der Waals surface area contributed by atoms with E-state index in [1.165, 1.54) is 0 Å². The Labute approximate surface area is 55.9 Å². The van der Waals surface area contributed by atoms with Crippen LogP contribution in [0.5, 0.6) is 0 Å². The van der Waals surface area contributed by atoms with Gasteiger partial charge in [-0.3, -0.25) is 0 Å². The summed E-state index contributed by atoms with van der Waals surface area (Å²) in [5.74, 6) is 0.976. The van der Waals surface area contributed by atoms with Crippen LogP contribution in [-0.2, 0) is 0 Å². The molecule has 1 nitrogen and oxygen atoms in total. The summed E-state index contributed by atoms with van der Waals surface area (Å²) in [6.45, 7) is 1.93. The molecule has 0 N–H and O–H groups in total. The Bertz CT molecular complexity index is 140. The van der Waals surface area contributed by atoms with Crippen molar-refractivity contribution in [2.24, 2.45) is 0 Å². The number of furan rings is 1. The van der Waals surface area contributed by atoms with Gasteiger partial charge in [0, 0.05) is 0 Å². The topological polar surface area (TPSA) is 13.1 Å². The highest BCUT2D eigenvalue weighted by atomic mass is 127. The summed E-state index contributed by atoms with van der Waals surface area (Å²) in [4.78, 5) is 0. The Hall–Kier alpha value is 0.01000. The molecule has 1 aromatic heterocycles. The molecule has 2 heteroatoms. The van der Waals surface area contributed by atoms with Gasteiger partial charge in [-0.2, -0.15) is 0 Å². The highest BCUT2D eigenvalue weighted by Gasteiger charge is 1.87. The summed E-state index contributed by atoms with van der Waals surface area (Å²) in [5.41, 5.74) is 0. The second-order valence-corrected chi connectivity index (χ2v) is 2.41. The maximum absolute atomic E-state index is 5.07. The number of rotatable bonds is 0. The molecule has 1 heterocycles. The van der Waals surface area contributed by atoms with Gasteiger partial charge in [-0.25, -0.2) is 0 Å². The van der Waals surface area contributed by atoms with Crippen molar-refractivity contribution in [1.82, 2.24) is 0 Å². The molecule has 0 radical (unpaired) electrons. The van der Waals surface area contributed by atoms with E-state index >= 15 is 0 Å². The van der Waals surface area contributed by atoms with Crippen molar-refractivity contribution in [3.05, 3.63) is 21.7 Å². The van der Waals surface area contributed by atoms with E-state index in [9.17, 15) is 0 Å². The first kappa shape index (κ1) is 5.15. The molecular weight excluding hydrogens is 203 g/mol. The highest BCUT2D eigenvalue weighted by Crippen LogP contribution is 2.07. The van der Waals surface area contributed by atoms with Gasteiger partial charge < -0.3 is 4.42 Å². The molecule has 0 aliphatic carbocycles. The lowest BCUT2D eigenvalue weighted by molar-refractivity contribution is 0.507. The summed E-state index contributed by atoms with van der Waals surface area (Å²) >= 11 is 2.13. The minimum atomic E-state index is 0.954.